The molecule has 13 heavy (non-hydrogen) atoms. The van der Waals surface area contributed by atoms with Crippen LogP contribution in [0.5, 0.6) is 11.5 Å². The van der Waals surface area contributed by atoms with Crippen LogP contribution in [0.25, 0.3) is 11.5 Å². The van der Waals surface area contributed by atoms with Crippen LogP contribution in [0.1, 0.15) is 0 Å². The number of rotatable bonds is 2. The Hall–Kier alpha value is -1.06. The van der Waals surface area contributed by atoms with E-state index in [2.05, 4.69) is 0 Å². The fourth-order valence-corrected chi connectivity index (χ4v) is 0.879. The fourth-order valence-electron chi connectivity index (χ4n) is 0.879. The van der Waals surface area contributed by atoms with Gasteiger partial charge < -0.3 is 20.9 Å². The van der Waals surface area contributed by atoms with E-state index in [9.17, 15) is 0 Å². The van der Waals surface area contributed by atoms with Gasteiger partial charge >= 0.3 is 17.1 Å². The molecule has 0 saturated heterocycles. The predicted molar refractivity (Wildman–Crippen MR) is 47.5 cm³/mol. The molecule has 0 fully saturated rings. The van der Waals surface area contributed by atoms with E-state index in [4.69, 9.17) is 20.9 Å². The zero-order chi connectivity index (χ0) is 9.14. The molecule has 4 nitrogen and oxygen atoms in total. The zero-order valence-corrected chi connectivity index (χ0v) is 8.21. The van der Waals surface area contributed by atoms with Crippen LogP contribution in [0.15, 0.2) is 12.1 Å². The first-order valence-electron chi connectivity index (χ1n) is 3.38. The molecule has 5 heteroatoms. The van der Waals surface area contributed by atoms with Crippen molar-refractivity contribution in [2.24, 2.45) is 0 Å². The van der Waals surface area contributed by atoms with Gasteiger partial charge in [0.1, 0.15) is 0 Å². The maximum absolute atomic E-state index is 7.31. The molecule has 1 aromatic rings. The van der Waals surface area contributed by atoms with Gasteiger partial charge in [-0.3, -0.25) is 0 Å². The summed E-state index contributed by atoms with van der Waals surface area (Å²) in [7, 11) is 3.00. The molecule has 0 atom stereocenters. The SMILES string of the molecule is COc1cc([NH-])c([NH-])cc1OC.[Cu+2]. The normalized spacial score (nSPS) is 8.77. The van der Waals surface area contributed by atoms with E-state index >= 15 is 0 Å². The number of ether oxygens (including phenoxy) is 2. The van der Waals surface area contributed by atoms with Crippen molar-refractivity contribution in [3.8, 4) is 11.5 Å². The average molecular weight is 230 g/mol. The minimum absolute atomic E-state index is 0. The third kappa shape index (κ3) is 2.44. The Labute approximate surface area is 87.7 Å². The first-order valence-corrected chi connectivity index (χ1v) is 3.38. The summed E-state index contributed by atoms with van der Waals surface area (Å²) in [5.41, 5.74) is 14.9. The van der Waals surface area contributed by atoms with Crippen LogP contribution < -0.4 is 9.47 Å². The largest absolute Gasteiger partial charge is 2.00 e. The Morgan fingerprint density at radius 2 is 1.23 bits per heavy atom. The van der Waals surface area contributed by atoms with Gasteiger partial charge in [-0.1, -0.05) is 0 Å². The van der Waals surface area contributed by atoms with Crippen molar-refractivity contribution in [1.29, 1.82) is 0 Å². The van der Waals surface area contributed by atoms with E-state index in [0.717, 1.165) is 0 Å². The third-order valence-electron chi connectivity index (χ3n) is 1.52. The Balaban J connectivity index is 0.00000144. The van der Waals surface area contributed by atoms with Crippen LogP contribution >= 0.6 is 0 Å². The number of hydrogen-bond donors (Lipinski definition) is 0. The van der Waals surface area contributed by atoms with Crippen molar-refractivity contribution >= 4 is 11.4 Å². The van der Waals surface area contributed by atoms with E-state index in [1.807, 2.05) is 0 Å². The van der Waals surface area contributed by atoms with Crippen molar-refractivity contribution in [1.82, 2.24) is 0 Å². The number of benzene rings is 1. The van der Waals surface area contributed by atoms with Crippen LogP contribution in [-0.4, -0.2) is 14.2 Å². The van der Waals surface area contributed by atoms with Gasteiger partial charge in [0.15, 0.2) is 11.5 Å². The Bertz CT molecular complexity index is 263. The molecular formula is C8H10CuN2O2. The zero-order valence-electron chi connectivity index (χ0n) is 7.27. The maximum atomic E-state index is 7.31. The van der Waals surface area contributed by atoms with Crippen molar-refractivity contribution < 1.29 is 26.5 Å². The minimum atomic E-state index is 0. The second-order valence-corrected chi connectivity index (χ2v) is 2.25. The summed E-state index contributed by atoms with van der Waals surface area (Å²) < 4.78 is 9.89. The van der Waals surface area contributed by atoms with E-state index in [-0.39, 0.29) is 28.4 Å². The number of hydrogen-bond acceptors (Lipinski definition) is 2. The minimum Gasteiger partial charge on any atom is -0.700 e. The molecule has 0 aliphatic heterocycles. The van der Waals surface area contributed by atoms with E-state index in [0.29, 0.717) is 11.5 Å². The second-order valence-electron chi connectivity index (χ2n) is 2.25. The van der Waals surface area contributed by atoms with Gasteiger partial charge in [-0.25, -0.2) is 0 Å². The van der Waals surface area contributed by atoms with Crippen molar-refractivity contribution in [3.05, 3.63) is 23.6 Å². The quantitative estimate of drug-likeness (QED) is 0.732. The van der Waals surface area contributed by atoms with Gasteiger partial charge in [0.2, 0.25) is 0 Å². The van der Waals surface area contributed by atoms with E-state index < -0.39 is 0 Å². The molecule has 0 aliphatic carbocycles. The van der Waals surface area contributed by atoms with Crippen LogP contribution in [0.3, 0.4) is 0 Å². The molecule has 0 amide bonds. The van der Waals surface area contributed by atoms with Crippen LogP contribution in [0, 0.1) is 0 Å². The second kappa shape index (κ2) is 4.84. The molecule has 2 N–H and O–H groups in total. The summed E-state index contributed by atoms with van der Waals surface area (Å²) in [6, 6.07) is 2.92. The maximum Gasteiger partial charge on any atom is 2.00 e. The summed E-state index contributed by atoms with van der Waals surface area (Å²) in [6.45, 7) is 0. The molecule has 75 valence electrons. The third-order valence-corrected chi connectivity index (χ3v) is 1.52. The van der Waals surface area contributed by atoms with Gasteiger partial charge in [0, 0.05) is 0 Å². The van der Waals surface area contributed by atoms with Crippen LogP contribution in [-0.2, 0) is 17.1 Å². The van der Waals surface area contributed by atoms with Gasteiger partial charge in [-0.05, 0) is 12.1 Å². The predicted octanol–water partition coefficient (Wildman–Crippen LogP) is 3.07. The molecule has 0 unspecified atom stereocenters. The van der Waals surface area contributed by atoms with Crippen LogP contribution in [0.4, 0.5) is 11.4 Å². The smallest absolute Gasteiger partial charge is 0.700 e. The molecule has 0 bridgehead atoms. The summed E-state index contributed by atoms with van der Waals surface area (Å²) >= 11 is 0. The molecule has 0 spiro atoms. The van der Waals surface area contributed by atoms with Crippen LogP contribution in [0.2, 0.25) is 0 Å². The molecule has 1 rings (SSSR count). The van der Waals surface area contributed by atoms with Gasteiger partial charge in [-0.2, -0.15) is 11.4 Å². The summed E-state index contributed by atoms with van der Waals surface area (Å²) in [5.74, 6) is 0.969. The Morgan fingerprint density at radius 1 is 0.923 bits per heavy atom. The van der Waals surface area contributed by atoms with Crippen molar-refractivity contribution in [2.75, 3.05) is 14.2 Å². The van der Waals surface area contributed by atoms with Gasteiger partial charge in [0.05, 0.1) is 14.2 Å². The Kier molecular flexibility index (Phi) is 4.45. The Morgan fingerprint density at radius 3 is 1.46 bits per heavy atom. The van der Waals surface area contributed by atoms with Crippen molar-refractivity contribution in [2.45, 2.75) is 0 Å². The molecule has 0 aromatic heterocycles. The molecule has 0 saturated carbocycles. The summed E-state index contributed by atoms with van der Waals surface area (Å²) in [4.78, 5) is 0. The monoisotopic (exact) mass is 229 g/mol. The van der Waals surface area contributed by atoms with E-state index in [1.54, 1.807) is 0 Å². The van der Waals surface area contributed by atoms with Crippen molar-refractivity contribution in [3.63, 3.8) is 0 Å². The van der Waals surface area contributed by atoms with Gasteiger partial charge in [-0.15, -0.1) is 0 Å². The fraction of sp³-hybridized carbons (Fsp3) is 0.250. The molecule has 0 aliphatic rings. The molecular weight excluding hydrogens is 220 g/mol. The number of methoxy groups -OCH3 is 2. The van der Waals surface area contributed by atoms with E-state index in [1.165, 1.54) is 26.4 Å². The molecule has 1 aromatic carbocycles. The molecule has 1 radical (unpaired) electrons. The first kappa shape index (κ1) is 11.9. The summed E-state index contributed by atoms with van der Waals surface area (Å²) in [6.07, 6.45) is 0. The molecule has 0 heterocycles. The standard InChI is InChI=1S/C8H10N2O2.Cu/c1-11-7-3-5(9)6(10)4-8(7)12-2;/h3-4,9-10H,1-2H3;/q-2;+2. The van der Waals surface area contributed by atoms with Gasteiger partial charge in [0.25, 0.3) is 0 Å². The first-order chi connectivity index (χ1) is 5.69. The summed E-state index contributed by atoms with van der Waals surface area (Å²) in [5, 5.41) is 0. The topological polar surface area (TPSA) is 66.1 Å². The number of nitrogens with one attached hydrogen (secondary N) is 2. The average Bonchev–Trinajstić information content (AvgIpc) is 2.09.